The van der Waals surface area contributed by atoms with Crippen LogP contribution < -0.4 is 5.43 Å². The summed E-state index contributed by atoms with van der Waals surface area (Å²) in [6, 6.07) is 5.95. The largest absolute Gasteiger partial charge is 0.283 e. The summed E-state index contributed by atoms with van der Waals surface area (Å²) in [5.74, 6) is -0.264. The van der Waals surface area contributed by atoms with Crippen LogP contribution in [0.5, 0.6) is 0 Å². The molecule has 0 fully saturated rings. The molecular formula is C13H13ClN2OS. The van der Waals surface area contributed by atoms with Crippen molar-refractivity contribution in [1.82, 2.24) is 5.43 Å². The van der Waals surface area contributed by atoms with Gasteiger partial charge in [-0.3, -0.25) is 4.79 Å². The fourth-order valence-electron chi connectivity index (χ4n) is 1.53. The molecule has 0 radical (unpaired) electrons. The highest BCUT2D eigenvalue weighted by Crippen LogP contribution is 2.35. The van der Waals surface area contributed by atoms with Crippen LogP contribution in [-0.2, 0) is 0 Å². The highest BCUT2D eigenvalue weighted by Gasteiger charge is 2.16. The molecule has 1 N–H and O–H groups in total. The van der Waals surface area contributed by atoms with Crippen LogP contribution in [0.1, 0.15) is 29.1 Å². The number of amides is 1. The van der Waals surface area contributed by atoms with Crippen LogP contribution >= 0.6 is 22.9 Å². The summed E-state index contributed by atoms with van der Waals surface area (Å²) in [5, 5.41) is 5.30. The fraction of sp³-hybridized carbons (Fsp3) is 0.231. The van der Waals surface area contributed by atoms with Gasteiger partial charge in [-0.2, -0.15) is 5.10 Å². The number of hydrazone groups is 1. The topological polar surface area (TPSA) is 41.5 Å². The summed E-state index contributed by atoms with van der Waals surface area (Å²) in [6.45, 7) is 5.64. The van der Waals surface area contributed by atoms with E-state index in [1.54, 1.807) is 0 Å². The molecule has 0 aliphatic carbocycles. The number of thiophene rings is 1. The number of carbonyl (C=O) groups is 1. The normalized spacial score (nSPS) is 10.4. The molecule has 3 nitrogen and oxygen atoms in total. The Kier molecular flexibility index (Phi) is 3.68. The minimum absolute atomic E-state index is 0.264. The third-order valence-corrected chi connectivity index (χ3v) is 4.03. The van der Waals surface area contributed by atoms with Crippen molar-refractivity contribution in [3.05, 3.63) is 33.7 Å². The van der Waals surface area contributed by atoms with Crippen molar-refractivity contribution in [2.45, 2.75) is 20.8 Å². The van der Waals surface area contributed by atoms with E-state index in [0.29, 0.717) is 9.90 Å². The minimum Gasteiger partial charge on any atom is -0.266 e. The monoisotopic (exact) mass is 280 g/mol. The van der Waals surface area contributed by atoms with E-state index in [9.17, 15) is 4.79 Å². The van der Waals surface area contributed by atoms with Gasteiger partial charge in [0.05, 0.1) is 5.02 Å². The predicted octanol–water partition coefficient (Wildman–Crippen LogP) is 3.99. The molecule has 18 heavy (non-hydrogen) atoms. The standard InChI is InChI=1S/C13H13ClN2OS/c1-7(2)15-16-13(17)12-11(14)9-5-4-8(3)6-10(9)18-12/h4-6H,1-3H3,(H,16,17). The first-order chi connectivity index (χ1) is 8.49. The first-order valence-corrected chi connectivity index (χ1v) is 6.68. The Balaban J connectivity index is 2.42. The molecule has 1 aromatic heterocycles. The third-order valence-electron chi connectivity index (χ3n) is 2.37. The van der Waals surface area contributed by atoms with Gasteiger partial charge in [-0.15, -0.1) is 11.3 Å². The van der Waals surface area contributed by atoms with Gasteiger partial charge in [0.1, 0.15) is 4.88 Å². The zero-order chi connectivity index (χ0) is 13.3. The van der Waals surface area contributed by atoms with Gasteiger partial charge in [0.15, 0.2) is 0 Å². The second-order valence-corrected chi connectivity index (χ2v) is 5.67. The summed E-state index contributed by atoms with van der Waals surface area (Å²) in [6.07, 6.45) is 0. The SMILES string of the molecule is CC(C)=NNC(=O)c1sc2cc(C)ccc2c1Cl. The van der Waals surface area contributed by atoms with E-state index < -0.39 is 0 Å². The lowest BCUT2D eigenvalue weighted by Gasteiger charge is -1.97. The minimum atomic E-state index is -0.264. The number of halogens is 1. The zero-order valence-corrected chi connectivity index (χ0v) is 11.9. The first kappa shape index (κ1) is 13.1. The molecule has 2 rings (SSSR count). The van der Waals surface area contributed by atoms with Crippen LogP contribution in [0.2, 0.25) is 5.02 Å². The van der Waals surface area contributed by atoms with E-state index in [-0.39, 0.29) is 5.91 Å². The lowest BCUT2D eigenvalue weighted by Crippen LogP contribution is -2.17. The smallest absolute Gasteiger partial charge is 0.266 e. The molecule has 1 amide bonds. The average molecular weight is 281 g/mol. The molecule has 2 aromatic rings. The Hall–Kier alpha value is -1.39. The lowest BCUT2D eigenvalue weighted by atomic mass is 10.2. The van der Waals surface area contributed by atoms with E-state index in [2.05, 4.69) is 10.5 Å². The van der Waals surface area contributed by atoms with E-state index in [1.165, 1.54) is 11.3 Å². The Morgan fingerprint density at radius 1 is 1.39 bits per heavy atom. The van der Waals surface area contributed by atoms with E-state index in [1.807, 2.05) is 39.0 Å². The van der Waals surface area contributed by atoms with Crippen LogP contribution in [0.3, 0.4) is 0 Å². The van der Waals surface area contributed by atoms with Crippen molar-refractivity contribution < 1.29 is 4.79 Å². The average Bonchev–Trinajstić information content (AvgIpc) is 2.63. The summed E-state index contributed by atoms with van der Waals surface area (Å²) in [4.78, 5) is 12.4. The molecule has 94 valence electrons. The maximum Gasteiger partial charge on any atom is 0.283 e. The van der Waals surface area contributed by atoms with Gasteiger partial charge in [0.25, 0.3) is 5.91 Å². The van der Waals surface area contributed by atoms with E-state index >= 15 is 0 Å². The summed E-state index contributed by atoms with van der Waals surface area (Å²) < 4.78 is 1.02. The van der Waals surface area contributed by atoms with Crippen molar-refractivity contribution in [2.75, 3.05) is 0 Å². The quantitative estimate of drug-likeness (QED) is 0.656. The molecule has 0 atom stereocenters. The van der Waals surface area contributed by atoms with Crippen molar-refractivity contribution in [1.29, 1.82) is 0 Å². The predicted molar refractivity (Wildman–Crippen MR) is 77.8 cm³/mol. The highest BCUT2D eigenvalue weighted by molar-refractivity contribution is 7.21. The molecule has 1 heterocycles. The van der Waals surface area contributed by atoms with Gasteiger partial charge < -0.3 is 0 Å². The van der Waals surface area contributed by atoms with Crippen molar-refractivity contribution in [3.8, 4) is 0 Å². The Morgan fingerprint density at radius 3 is 2.78 bits per heavy atom. The van der Waals surface area contributed by atoms with Gasteiger partial charge >= 0.3 is 0 Å². The fourth-order valence-corrected chi connectivity index (χ4v) is 3.04. The molecule has 0 saturated heterocycles. The molecule has 0 aliphatic rings. The maximum absolute atomic E-state index is 11.9. The second kappa shape index (κ2) is 5.08. The highest BCUT2D eigenvalue weighted by atomic mass is 35.5. The van der Waals surface area contributed by atoms with Crippen molar-refractivity contribution in [3.63, 3.8) is 0 Å². The molecule has 0 saturated carbocycles. The number of rotatable bonds is 2. The molecule has 5 heteroatoms. The van der Waals surface area contributed by atoms with Crippen LogP contribution in [0.4, 0.5) is 0 Å². The Labute approximate surface area is 114 Å². The number of benzene rings is 1. The van der Waals surface area contributed by atoms with Gasteiger partial charge in [0.2, 0.25) is 0 Å². The lowest BCUT2D eigenvalue weighted by molar-refractivity contribution is 0.0959. The van der Waals surface area contributed by atoms with Crippen molar-refractivity contribution in [2.24, 2.45) is 5.10 Å². The van der Waals surface area contributed by atoms with Crippen LogP contribution in [-0.4, -0.2) is 11.6 Å². The van der Waals surface area contributed by atoms with E-state index in [4.69, 9.17) is 11.6 Å². The number of carbonyl (C=O) groups excluding carboxylic acids is 1. The Morgan fingerprint density at radius 2 is 2.11 bits per heavy atom. The van der Waals surface area contributed by atoms with Crippen LogP contribution in [0.25, 0.3) is 10.1 Å². The number of hydrogen-bond acceptors (Lipinski definition) is 3. The van der Waals surface area contributed by atoms with Gasteiger partial charge in [-0.1, -0.05) is 23.7 Å². The number of nitrogens with one attached hydrogen (secondary N) is 1. The summed E-state index contributed by atoms with van der Waals surface area (Å²) in [7, 11) is 0. The molecule has 1 aromatic carbocycles. The Bertz CT molecular complexity index is 642. The number of aryl methyl sites for hydroxylation is 1. The summed E-state index contributed by atoms with van der Waals surface area (Å²) in [5.41, 5.74) is 4.43. The molecule has 0 unspecified atom stereocenters. The number of fused-ring (bicyclic) bond motifs is 1. The maximum atomic E-state index is 11.9. The summed E-state index contributed by atoms with van der Waals surface area (Å²) >= 11 is 7.61. The molecule has 0 aliphatic heterocycles. The van der Waals surface area contributed by atoms with Gasteiger partial charge in [0, 0.05) is 15.8 Å². The molecule has 0 bridgehead atoms. The van der Waals surface area contributed by atoms with E-state index in [0.717, 1.165) is 21.4 Å². The van der Waals surface area contributed by atoms with Gasteiger partial charge in [-0.25, -0.2) is 5.43 Å². The number of hydrogen-bond donors (Lipinski definition) is 1. The number of nitrogens with zero attached hydrogens (tertiary/aromatic N) is 1. The van der Waals surface area contributed by atoms with Crippen LogP contribution in [0.15, 0.2) is 23.3 Å². The van der Waals surface area contributed by atoms with Crippen molar-refractivity contribution >= 4 is 44.6 Å². The van der Waals surface area contributed by atoms with Crippen LogP contribution in [0, 0.1) is 6.92 Å². The molecular weight excluding hydrogens is 268 g/mol. The third kappa shape index (κ3) is 2.54. The molecule has 0 spiro atoms. The zero-order valence-electron chi connectivity index (χ0n) is 10.4. The second-order valence-electron chi connectivity index (χ2n) is 4.24. The van der Waals surface area contributed by atoms with Gasteiger partial charge in [-0.05, 0) is 32.4 Å². The first-order valence-electron chi connectivity index (χ1n) is 5.49.